The number of hydrogen-bond acceptors (Lipinski definition) is 4. The molecule has 0 saturated carbocycles. The van der Waals surface area contributed by atoms with Gasteiger partial charge in [0.25, 0.3) is 0 Å². The maximum atomic E-state index is 12.9. The highest BCUT2D eigenvalue weighted by Gasteiger charge is 2.27. The molecule has 1 N–H and O–H groups in total. The van der Waals surface area contributed by atoms with Gasteiger partial charge in [0.2, 0.25) is 10.0 Å². The maximum absolute atomic E-state index is 12.9. The number of aldehydes is 1. The summed E-state index contributed by atoms with van der Waals surface area (Å²) in [6.07, 6.45) is 0.725. The molecule has 1 saturated heterocycles. The van der Waals surface area contributed by atoms with Crippen molar-refractivity contribution >= 4 is 38.8 Å². The second-order valence-corrected chi connectivity index (χ2v) is 8.58. The van der Waals surface area contributed by atoms with Crippen LogP contribution >= 0.6 is 11.6 Å². The number of hydrogen-bond donors (Lipinski definition) is 1. The lowest BCUT2D eigenvalue weighted by Crippen LogP contribution is -2.40. The predicted molar refractivity (Wildman–Crippen MR) is 104 cm³/mol. The van der Waals surface area contributed by atoms with Crippen molar-refractivity contribution in [2.75, 3.05) is 26.3 Å². The predicted octanol–water partition coefficient (Wildman–Crippen LogP) is 3.32. The first-order valence-corrected chi connectivity index (χ1v) is 10.3. The summed E-state index contributed by atoms with van der Waals surface area (Å²) in [6.45, 7) is 1.39. The van der Waals surface area contributed by atoms with Crippen LogP contribution in [0, 0.1) is 0 Å². The fraction of sp³-hybridized carbons (Fsp3) is 0.211. The lowest BCUT2D eigenvalue weighted by molar-refractivity contribution is 0.0730. The number of morpholine rings is 1. The smallest absolute Gasteiger partial charge is 0.243 e. The van der Waals surface area contributed by atoms with Gasteiger partial charge < -0.3 is 9.72 Å². The Balaban J connectivity index is 1.86. The normalized spacial score (nSPS) is 15.9. The average Bonchev–Trinajstić information content (AvgIpc) is 3.06. The molecule has 0 atom stereocenters. The zero-order valence-electron chi connectivity index (χ0n) is 14.3. The van der Waals surface area contributed by atoms with Crippen molar-refractivity contribution in [1.29, 1.82) is 0 Å². The Bertz CT molecular complexity index is 1120. The Kier molecular flexibility index (Phi) is 4.77. The first-order valence-electron chi connectivity index (χ1n) is 8.46. The fourth-order valence-corrected chi connectivity index (χ4v) is 4.95. The third kappa shape index (κ3) is 3.17. The summed E-state index contributed by atoms with van der Waals surface area (Å²) in [7, 11) is -3.64. The average molecular weight is 405 g/mol. The Morgan fingerprint density at radius 3 is 2.56 bits per heavy atom. The summed E-state index contributed by atoms with van der Waals surface area (Å²) in [6, 6.07) is 12.0. The Hall–Kier alpha value is -2.19. The van der Waals surface area contributed by atoms with E-state index in [1.807, 2.05) is 18.2 Å². The first-order chi connectivity index (χ1) is 13.0. The van der Waals surface area contributed by atoms with Gasteiger partial charge in [0.05, 0.1) is 23.8 Å². The van der Waals surface area contributed by atoms with Crippen LogP contribution in [0.15, 0.2) is 47.4 Å². The van der Waals surface area contributed by atoms with Gasteiger partial charge in [-0.25, -0.2) is 8.42 Å². The van der Waals surface area contributed by atoms with E-state index in [4.69, 9.17) is 16.3 Å². The largest absolute Gasteiger partial charge is 0.379 e. The number of nitrogens with one attached hydrogen (secondary N) is 1. The van der Waals surface area contributed by atoms with Crippen molar-refractivity contribution in [2.24, 2.45) is 0 Å². The van der Waals surface area contributed by atoms with Gasteiger partial charge in [0.1, 0.15) is 0 Å². The molecule has 0 spiro atoms. The van der Waals surface area contributed by atoms with E-state index in [9.17, 15) is 13.2 Å². The molecule has 1 aliphatic heterocycles. The molecule has 1 aromatic heterocycles. The molecule has 0 unspecified atom stereocenters. The number of carbonyl (C=O) groups excluding carboxylic acids is 1. The molecule has 0 aliphatic carbocycles. The van der Waals surface area contributed by atoms with Gasteiger partial charge in [-0.2, -0.15) is 4.31 Å². The SMILES string of the molecule is O=Cc1c(-c2ccccc2Cl)[nH]c2ccc(S(=O)(=O)N3CCOCC3)cc12. The van der Waals surface area contributed by atoms with Crippen molar-refractivity contribution in [1.82, 2.24) is 9.29 Å². The number of benzene rings is 2. The highest BCUT2D eigenvalue weighted by atomic mass is 35.5. The van der Waals surface area contributed by atoms with Crippen LogP contribution in [0.2, 0.25) is 5.02 Å². The van der Waals surface area contributed by atoms with Crippen molar-refractivity contribution in [3.8, 4) is 11.3 Å². The highest BCUT2D eigenvalue weighted by molar-refractivity contribution is 7.89. The number of nitrogens with zero attached hydrogens (tertiary/aromatic N) is 1. The van der Waals surface area contributed by atoms with Crippen LogP contribution in [-0.2, 0) is 14.8 Å². The molecular formula is C19H17ClN2O4S. The minimum Gasteiger partial charge on any atom is -0.379 e. The van der Waals surface area contributed by atoms with Gasteiger partial charge in [-0.05, 0) is 24.3 Å². The molecule has 8 heteroatoms. The van der Waals surface area contributed by atoms with E-state index in [-0.39, 0.29) is 4.90 Å². The van der Waals surface area contributed by atoms with Gasteiger partial charge in [-0.1, -0.05) is 29.8 Å². The number of fused-ring (bicyclic) bond motifs is 1. The van der Waals surface area contributed by atoms with Gasteiger partial charge in [-0.3, -0.25) is 4.79 Å². The Morgan fingerprint density at radius 2 is 1.85 bits per heavy atom. The molecule has 140 valence electrons. The minimum atomic E-state index is -3.64. The molecule has 27 heavy (non-hydrogen) atoms. The molecule has 3 aromatic rings. The van der Waals surface area contributed by atoms with Crippen LogP contribution in [0.4, 0.5) is 0 Å². The lowest BCUT2D eigenvalue weighted by Gasteiger charge is -2.26. The fourth-order valence-electron chi connectivity index (χ4n) is 3.29. The molecule has 4 rings (SSSR count). The van der Waals surface area contributed by atoms with Crippen molar-refractivity contribution in [3.63, 3.8) is 0 Å². The van der Waals surface area contributed by atoms with Crippen LogP contribution in [-0.4, -0.2) is 50.3 Å². The van der Waals surface area contributed by atoms with Crippen molar-refractivity contribution in [2.45, 2.75) is 4.90 Å². The van der Waals surface area contributed by atoms with Crippen LogP contribution in [0.1, 0.15) is 10.4 Å². The van der Waals surface area contributed by atoms with Crippen LogP contribution < -0.4 is 0 Å². The third-order valence-corrected chi connectivity index (χ3v) is 6.90. The standard InChI is InChI=1S/C19H17ClN2O4S/c20-17-4-2-1-3-14(17)19-16(12-23)15-11-13(5-6-18(15)21-19)27(24,25)22-7-9-26-10-8-22/h1-6,11-12,21H,7-10H2. The van der Waals surface area contributed by atoms with Crippen molar-refractivity contribution in [3.05, 3.63) is 53.1 Å². The lowest BCUT2D eigenvalue weighted by atomic mass is 10.1. The van der Waals surface area contributed by atoms with Gasteiger partial charge in [0.15, 0.2) is 6.29 Å². The second kappa shape index (κ2) is 7.09. The van der Waals surface area contributed by atoms with Crippen LogP contribution in [0.25, 0.3) is 22.2 Å². The summed E-state index contributed by atoms with van der Waals surface area (Å²) in [5.41, 5.74) is 2.33. The molecule has 0 amide bonds. The number of halogens is 1. The summed E-state index contributed by atoms with van der Waals surface area (Å²) in [5, 5.41) is 1.06. The number of H-pyrrole nitrogens is 1. The monoisotopic (exact) mass is 404 g/mol. The maximum Gasteiger partial charge on any atom is 0.243 e. The minimum absolute atomic E-state index is 0.157. The molecule has 0 radical (unpaired) electrons. The Morgan fingerprint density at radius 1 is 1.11 bits per heavy atom. The summed E-state index contributed by atoms with van der Waals surface area (Å²) in [5.74, 6) is 0. The molecule has 1 fully saturated rings. The number of sulfonamides is 1. The van der Waals surface area contributed by atoms with E-state index in [1.165, 1.54) is 4.31 Å². The van der Waals surface area contributed by atoms with E-state index in [0.717, 1.165) is 6.29 Å². The number of carbonyl (C=O) groups is 1. The van der Waals surface area contributed by atoms with Gasteiger partial charge in [0, 0.05) is 40.1 Å². The van der Waals surface area contributed by atoms with E-state index in [1.54, 1.807) is 24.3 Å². The topological polar surface area (TPSA) is 79.5 Å². The first kappa shape index (κ1) is 18.2. The quantitative estimate of drug-likeness (QED) is 0.676. The van der Waals surface area contributed by atoms with Crippen molar-refractivity contribution < 1.29 is 17.9 Å². The van der Waals surface area contributed by atoms with Gasteiger partial charge in [-0.15, -0.1) is 0 Å². The van der Waals surface area contributed by atoms with E-state index in [2.05, 4.69) is 4.98 Å². The molecule has 0 bridgehead atoms. The van der Waals surface area contributed by atoms with E-state index < -0.39 is 10.0 Å². The number of aromatic amines is 1. The molecule has 2 aromatic carbocycles. The van der Waals surface area contributed by atoms with Crippen LogP contribution in [0.5, 0.6) is 0 Å². The summed E-state index contributed by atoms with van der Waals surface area (Å²) >= 11 is 6.27. The van der Waals surface area contributed by atoms with E-state index in [0.29, 0.717) is 59.0 Å². The zero-order chi connectivity index (χ0) is 19.0. The number of aromatic nitrogens is 1. The second-order valence-electron chi connectivity index (χ2n) is 6.24. The number of rotatable bonds is 4. The molecule has 2 heterocycles. The summed E-state index contributed by atoms with van der Waals surface area (Å²) in [4.78, 5) is 15.2. The molecule has 1 aliphatic rings. The molecular weight excluding hydrogens is 388 g/mol. The highest BCUT2D eigenvalue weighted by Crippen LogP contribution is 2.34. The number of ether oxygens (including phenoxy) is 1. The zero-order valence-corrected chi connectivity index (χ0v) is 15.9. The van der Waals surface area contributed by atoms with E-state index >= 15 is 0 Å². The van der Waals surface area contributed by atoms with Gasteiger partial charge >= 0.3 is 0 Å². The Labute approximate surface area is 161 Å². The van der Waals surface area contributed by atoms with Crippen LogP contribution in [0.3, 0.4) is 0 Å². The molecule has 6 nitrogen and oxygen atoms in total. The third-order valence-electron chi connectivity index (χ3n) is 4.68. The summed E-state index contributed by atoms with van der Waals surface area (Å²) < 4.78 is 32.5.